The minimum atomic E-state index is 0.131. The average Bonchev–Trinajstić information content (AvgIpc) is 2.89. The van der Waals surface area contributed by atoms with Crippen LogP contribution < -0.4 is 10.1 Å². The maximum absolute atomic E-state index is 5.89. The van der Waals surface area contributed by atoms with Crippen LogP contribution in [0.2, 0.25) is 5.28 Å². The summed E-state index contributed by atoms with van der Waals surface area (Å²) in [5.41, 5.74) is 1.99. The van der Waals surface area contributed by atoms with Crippen LogP contribution >= 0.6 is 27.5 Å². The Morgan fingerprint density at radius 3 is 3.00 bits per heavy atom. The average molecular weight is 355 g/mol. The number of ether oxygens (including phenoxy) is 1. The van der Waals surface area contributed by atoms with Crippen molar-refractivity contribution in [3.05, 3.63) is 34.3 Å². The molecule has 1 aromatic carbocycles. The standard InChI is InChI=1S/C12H9BrClN5O/c1-20-6-2-3-7(13)8(4-6)17-11-9-10(16-5-15-9)18-12(14)19-11/h2-5H,1H3,(H2,15,16,17,18,19). The van der Waals surface area contributed by atoms with Gasteiger partial charge in [-0.2, -0.15) is 9.97 Å². The van der Waals surface area contributed by atoms with Gasteiger partial charge in [-0.25, -0.2) is 4.98 Å². The van der Waals surface area contributed by atoms with E-state index in [1.807, 2.05) is 18.2 Å². The second kappa shape index (κ2) is 5.26. The molecule has 3 aromatic rings. The quantitative estimate of drug-likeness (QED) is 0.704. The maximum atomic E-state index is 5.89. The summed E-state index contributed by atoms with van der Waals surface area (Å²) >= 11 is 9.36. The normalized spacial score (nSPS) is 10.8. The molecule has 2 heterocycles. The number of hydrogen-bond acceptors (Lipinski definition) is 5. The number of aromatic amines is 1. The van der Waals surface area contributed by atoms with Gasteiger partial charge in [0, 0.05) is 10.5 Å². The summed E-state index contributed by atoms with van der Waals surface area (Å²) in [6.07, 6.45) is 1.54. The predicted molar refractivity (Wildman–Crippen MR) is 80.7 cm³/mol. The summed E-state index contributed by atoms with van der Waals surface area (Å²) in [6.45, 7) is 0. The number of fused-ring (bicyclic) bond motifs is 1. The van der Waals surface area contributed by atoms with Gasteiger partial charge in [-0.1, -0.05) is 0 Å². The third-order valence-electron chi connectivity index (χ3n) is 2.68. The van der Waals surface area contributed by atoms with Crippen molar-refractivity contribution in [2.24, 2.45) is 0 Å². The number of benzene rings is 1. The summed E-state index contributed by atoms with van der Waals surface area (Å²) < 4.78 is 6.08. The lowest BCUT2D eigenvalue weighted by atomic mass is 10.3. The molecule has 8 heteroatoms. The first-order valence-electron chi connectivity index (χ1n) is 5.64. The van der Waals surface area contributed by atoms with E-state index in [-0.39, 0.29) is 5.28 Å². The molecule has 0 spiro atoms. The Balaban J connectivity index is 2.07. The first-order chi connectivity index (χ1) is 9.67. The fraction of sp³-hybridized carbons (Fsp3) is 0.0833. The van der Waals surface area contributed by atoms with Crippen LogP contribution in [0.3, 0.4) is 0 Å². The lowest BCUT2D eigenvalue weighted by Crippen LogP contribution is -1.98. The molecule has 0 atom stereocenters. The Hall–Kier alpha value is -1.86. The highest BCUT2D eigenvalue weighted by atomic mass is 79.9. The van der Waals surface area contributed by atoms with Crippen LogP contribution in [0.25, 0.3) is 11.2 Å². The molecule has 0 radical (unpaired) electrons. The van der Waals surface area contributed by atoms with E-state index in [0.29, 0.717) is 17.0 Å². The molecular weight excluding hydrogens is 346 g/mol. The van der Waals surface area contributed by atoms with Crippen LogP contribution in [0.15, 0.2) is 29.0 Å². The van der Waals surface area contributed by atoms with Crippen LogP contribution in [0.4, 0.5) is 11.5 Å². The van der Waals surface area contributed by atoms with E-state index < -0.39 is 0 Å². The Labute approximate surface area is 127 Å². The van der Waals surface area contributed by atoms with Crippen molar-refractivity contribution in [1.29, 1.82) is 0 Å². The molecule has 0 unspecified atom stereocenters. The van der Waals surface area contributed by atoms with E-state index in [0.717, 1.165) is 15.9 Å². The molecule has 0 aliphatic carbocycles. The Kier molecular flexibility index (Phi) is 3.45. The molecule has 0 bridgehead atoms. The van der Waals surface area contributed by atoms with Crippen molar-refractivity contribution >= 4 is 50.2 Å². The number of methoxy groups -OCH3 is 1. The second-order valence-corrected chi connectivity index (χ2v) is 5.11. The Morgan fingerprint density at radius 1 is 1.35 bits per heavy atom. The van der Waals surface area contributed by atoms with Gasteiger partial charge in [0.15, 0.2) is 11.5 Å². The largest absolute Gasteiger partial charge is 0.497 e. The number of H-pyrrole nitrogens is 1. The highest BCUT2D eigenvalue weighted by Gasteiger charge is 2.11. The lowest BCUT2D eigenvalue weighted by Gasteiger charge is -2.10. The van der Waals surface area contributed by atoms with Gasteiger partial charge in [-0.15, -0.1) is 0 Å². The van der Waals surface area contributed by atoms with Crippen LogP contribution in [0.1, 0.15) is 0 Å². The minimum absolute atomic E-state index is 0.131. The zero-order valence-electron chi connectivity index (χ0n) is 10.3. The van der Waals surface area contributed by atoms with E-state index in [2.05, 4.69) is 41.2 Å². The minimum Gasteiger partial charge on any atom is -0.497 e. The van der Waals surface area contributed by atoms with Gasteiger partial charge in [0.2, 0.25) is 5.28 Å². The molecule has 0 aliphatic rings. The van der Waals surface area contributed by atoms with Crippen molar-refractivity contribution < 1.29 is 4.74 Å². The van der Waals surface area contributed by atoms with Crippen molar-refractivity contribution in [1.82, 2.24) is 19.9 Å². The van der Waals surface area contributed by atoms with Gasteiger partial charge in [0.25, 0.3) is 0 Å². The number of hydrogen-bond donors (Lipinski definition) is 2. The summed E-state index contributed by atoms with van der Waals surface area (Å²) in [7, 11) is 1.61. The van der Waals surface area contributed by atoms with Crippen LogP contribution in [0, 0.1) is 0 Å². The van der Waals surface area contributed by atoms with Gasteiger partial charge in [-0.3, -0.25) is 0 Å². The Bertz CT molecular complexity index is 776. The third kappa shape index (κ3) is 2.41. The predicted octanol–water partition coefficient (Wildman–Crippen LogP) is 3.52. The van der Waals surface area contributed by atoms with E-state index in [4.69, 9.17) is 16.3 Å². The van der Waals surface area contributed by atoms with Gasteiger partial charge < -0.3 is 15.0 Å². The molecular formula is C12H9BrClN5O. The van der Waals surface area contributed by atoms with Crippen molar-refractivity contribution in [2.45, 2.75) is 0 Å². The van der Waals surface area contributed by atoms with Crippen molar-refractivity contribution in [3.8, 4) is 5.75 Å². The number of nitrogens with zero attached hydrogens (tertiary/aromatic N) is 3. The molecule has 0 saturated heterocycles. The maximum Gasteiger partial charge on any atom is 0.226 e. The number of halogens is 2. The molecule has 3 rings (SSSR count). The number of imidazole rings is 1. The topological polar surface area (TPSA) is 75.7 Å². The lowest BCUT2D eigenvalue weighted by molar-refractivity contribution is 0.415. The van der Waals surface area contributed by atoms with E-state index in [9.17, 15) is 0 Å². The molecule has 0 fully saturated rings. The van der Waals surface area contributed by atoms with E-state index in [1.165, 1.54) is 0 Å². The van der Waals surface area contributed by atoms with Gasteiger partial charge in [0.05, 0.1) is 19.1 Å². The van der Waals surface area contributed by atoms with Crippen molar-refractivity contribution in [3.63, 3.8) is 0 Å². The van der Waals surface area contributed by atoms with Gasteiger partial charge in [0.1, 0.15) is 11.3 Å². The SMILES string of the molecule is COc1ccc(Br)c(Nc2nc(Cl)nc3nc[nH]c23)c1. The highest BCUT2D eigenvalue weighted by Crippen LogP contribution is 2.31. The fourth-order valence-corrected chi connectivity index (χ4v) is 2.26. The smallest absolute Gasteiger partial charge is 0.226 e. The zero-order valence-corrected chi connectivity index (χ0v) is 12.7. The van der Waals surface area contributed by atoms with Crippen LogP contribution in [-0.2, 0) is 0 Å². The number of nitrogens with one attached hydrogen (secondary N) is 2. The fourth-order valence-electron chi connectivity index (χ4n) is 1.75. The third-order valence-corrected chi connectivity index (χ3v) is 3.55. The summed E-state index contributed by atoms with van der Waals surface area (Å²) in [4.78, 5) is 15.3. The number of anilines is 2. The van der Waals surface area contributed by atoms with Crippen LogP contribution in [0.5, 0.6) is 5.75 Å². The molecule has 2 N–H and O–H groups in total. The highest BCUT2D eigenvalue weighted by molar-refractivity contribution is 9.10. The summed E-state index contributed by atoms with van der Waals surface area (Å²) in [5, 5.41) is 3.31. The summed E-state index contributed by atoms with van der Waals surface area (Å²) in [5.74, 6) is 1.28. The van der Waals surface area contributed by atoms with Crippen LogP contribution in [-0.4, -0.2) is 27.0 Å². The van der Waals surface area contributed by atoms with E-state index >= 15 is 0 Å². The van der Waals surface area contributed by atoms with E-state index in [1.54, 1.807) is 13.4 Å². The molecule has 2 aromatic heterocycles. The number of rotatable bonds is 3. The number of aromatic nitrogens is 4. The molecule has 0 amide bonds. The molecule has 0 saturated carbocycles. The molecule has 102 valence electrons. The van der Waals surface area contributed by atoms with Gasteiger partial charge in [-0.05, 0) is 39.7 Å². The van der Waals surface area contributed by atoms with Crippen molar-refractivity contribution in [2.75, 3.05) is 12.4 Å². The molecule has 6 nitrogen and oxygen atoms in total. The second-order valence-electron chi connectivity index (χ2n) is 3.91. The first kappa shape index (κ1) is 13.1. The Morgan fingerprint density at radius 2 is 2.20 bits per heavy atom. The molecule has 20 heavy (non-hydrogen) atoms. The monoisotopic (exact) mass is 353 g/mol. The first-order valence-corrected chi connectivity index (χ1v) is 6.81. The van der Waals surface area contributed by atoms with Gasteiger partial charge >= 0.3 is 0 Å². The molecule has 0 aliphatic heterocycles. The summed E-state index contributed by atoms with van der Waals surface area (Å²) in [6, 6.07) is 5.59. The zero-order chi connectivity index (χ0) is 14.1.